The van der Waals surface area contributed by atoms with E-state index in [4.69, 9.17) is 9.47 Å². The van der Waals surface area contributed by atoms with Gasteiger partial charge in [0.25, 0.3) is 0 Å². The molecule has 0 saturated carbocycles. The molecule has 2 bridgehead atoms. The highest BCUT2D eigenvalue weighted by molar-refractivity contribution is 5.98. The lowest BCUT2D eigenvalue weighted by Crippen LogP contribution is -2.41. The fourth-order valence-corrected chi connectivity index (χ4v) is 4.80. The van der Waals surface area contributed by atoms with Crippen LogP contribution in [0.15, 0.2) is 0 Å². The maximum atomic E-state index is 12.1. The van der Waals surface area contributed by atoms with Crippen molar-refractivity contribution in [3.8, 4) is 0 Å². The second kappa shape index (κ2) is 5.95. The van der Waals surface area contributed by atoms with Gasteiger partial charge in [-0.05, 0) is 26.2 Å². The Hall–Kier alpha value is -0.900. The number of rotatable bonds is 8. The molecule has 0 amide bonds. The molecular weight excluding hydrogens is 280 g/mol. The third-order valence-corrected chi connectivity index (χ3v) is 5.95. The van der Waals surface area contributed by atoms with Crippen LogP contribution in [0.5, 0.6) is 0 Å². The zero-order chi connectivity index (χ0) is 15.8. The number of hydrogen-bond donors (Lipinski definition) is 0. The second-order valence-corrected chi connectivity index (χ2v) is 7.55. The summed E-state index contributed by atoms with van der Waals surface area (Å²) >= 11 is 0. The number of carbonyl (C=O) groups is 2. The molecule has 3 fully saturated rings. The zero-order valence-corrected chi connectivity index (χ0v) is 13.9. The van der Waals surface area contributed by atoms with Crippen molar-refractivity contribution in [1.82, 2.24) is 0 Å². The highest BCUT2D eigenvalue weighted by atomic mass is 16.6. The molecule has 3 aliphatic rings. The molecular formula is C18H28O4. The molecule has 0 aliphatic carbocycles. The molecule has 22 heavy (non-hydrogen) atoms. The molecule has 0 spiro atoms. The summed E-state index contributed by atoms with van der Waals surface area (Å²) in [5.41, 5.74) is -0.902. The maximum absolute atomic E-state index is 12.1. The van der Waals surface area contributed by atoms with Gasteiger partial charge >= 0.3 is 11.9 Å². The Labute approximate surface area is 132 Å². The first kappa shape index (κ1) is 16.0. The molecule has 4 heteroatoms. The van der Waals surface area contributed by atoms with E-state index in [1.54, 1.807) is 0 Å². The van der Waals surface area contributed by atoms with Crippen molar-refractivity contribution in [3.63, 3.8) is 0 Å². The van der Waals surface area contributed by atoms with Gasteiger partial charge in [-0.1, -0.05) is 51.9 Å². The third kappa shape index (κ3) is 2.49. The Morgan fingerprint density at radius 1 is 0.955 bits per heavy atom. The predicted octanol–water partition coefficient (Wildman–Crippen LogP) is 3.76. The van der Waals surface area contributed by atoms with Crippen LogP contribution < -0.4 is 0 Å². The van der Waals surface area contributed by atoms with Crippen LogP contribution in [0.3, 0.4) is 0 Å². The number of cyclic esters (lactones) is 2. The lowest BCUT2D eigenvalue weighted by atomic mass is 9.67. The van der Waals surface area contributed by atoms with Crippen molar-refractivity contribution in [1.29, 1.82) is 0 Å². The molecule has 3 rings (SSSR count). The number of unbranched alkanes of at least 4 members (excludes halogenated alkanes) is 6. The number of ether oxygens (including phenoxy) is 2. The van der Waals surface area contributed by atoms with E-state index in [0.29, 0.717) is 0 Å². The van der Waals surface area contributed by atoms with Gasteiger partial charge in [-0.25, -0.2) is 0 Å². The quantitative estimate of drug-likeness (QED) is 0.389. The van der Waals surface area contributed by atoms with Gasteiger partial charge in [0, 0.05) is 0 Å². The van der Waals surface area contributed by atoms with Gasteiger partial charge in [0.2, 0.25) is 0 Å². The molecule has 3 heterocycles. The Morgan fingerprint density at radius 3 is 2.32 bits per heavy atom. The van der Waals surface area contributed by atoms with Crippen LogP contribution in [-0.2, 0) is 19.1 Å². The number of fused-ring (bicyclic) bond motifs is 5. The van der Waals surface area contributed by atoms with Crippen molar-refractivity contribution in [2.24, 2.45) is 11.8 Å². The molecule has 0 radical (unpaired) electrons. The van der Waals surface area contributed by atoms with E-state index < -0.39 is 11.2 Å². The van der Waals surface area contributed by atoms with Crippen LogP contribution >= 0.6 is 0 Å². The molecule has 3 saturated heterocycles. The van der Waals surface area contributed by atoms with Crippen LogP contribution in [0, 0.1) is 11.8 Å². The fraction of sp³-hybridized carbons (Fsp3) is 0.889. The van der Waals surface area contributed by atoms with Crippen molar-refractivity contribution in [3.05, 3.63) is 0 Å². The molecule has 0 aromatic heterocycles. The minimum Gasteiger partial charge on any atom is -0.393 e. The Bertz CT molecular complexity index is 460. The molecule has 4 atom stereocenters. The zero-order valence-electron chi connectivity index (χ0n) is 13.9. The normalized spacial score (nSPS) is 39.4. The largest absolute Gasteiger partial charge is 0.393 e. The molecule has 0 aromatic carbocycles. The van der Waals surface area contributed by atoms with E-state index in [1.165, 1.54) is 38.5 Å². The van der Waals surface area contributed by atoms with Crippen LogP contribution in [0.2, 0.25) is 0 Å². The summed E-state index contributed by atoms with van der Waals surface area (Å²) in [6.07, 6.45) is 11.4. The van der Waals surface area contributed by atoms with Crippen LogP contribution in [0.1, 0.15) is 78.1 Å². The van der Waals surface area contributed by atoms with Crippen molar-refractivity contribution >= 4 is 11.9 Å². The van der Waals surface area contributed by atoms with Crippen molar-refractivity contribution in [2.75, 3.05) is 0 Å². The average Bonchev–Trinajstić information content (AvgIpc) is 3.06. The van der Waals surface area contributed by atoms with Crippen molar-refractivity contribution in [2.45, 2.75) is 89.3 Å². The van der Waals surface area contributed by atoms with Crippen LogP contribution in [-0.4, -0.2) is 23.1 Å². The predicted molar refractivity (Wildman–Crippen MR) is 82.1 cm³/mol. The highest BCUT2D eigenvalue weighted by Gasteiger charge is 2.73. The standard InChI is InChI=1S/C18H28O4/c1-3-4-5-6-7-8-9-10-18-12-11-17(2,22-18)13-14(18)16(20)21-15(13)19/h13-14H,3-12H2,1-2H3. The minimum atomic E-state index is -0.477. The topological polar surface area (TPSA) is 52.6 Å². The minimum absolute atomic E-state index is 0.346. The van der Waals surface area contributed by atoms with Gasteiger partial charge in [-0.15, -0.1) is 0 Å². The van der Waals surface area contributed by atoms with Crippen molar-refractivity contribution < 1.29 is 19.1 Å². The molecule has 0 aromatic rings. The lowest BCUT2D eigenvalue weighted by Gasteiger charge is -2.29. The van der Waals surface area contributed by atoms with E-state index in [-0.39, 0.29) is 23.8 Å². The third-order valence-electron chi connectivity index (χ3n) is 5.95. The first-order chi connectivity index (χ1) is 10.5. The Kier molecular flexibility index (Phi) is 4.32. The van der Waals surface area contributed by atoms with Gasteiger partial charge in [0.05, 0.1) is 11.2 Å². The van der Waals surface area contributed by atoms with Gasteiger partial charge < -0.3 is 9.47 Å². The second-order valence-electron chi connectivity index (χ2n) is 7.55. The summed E-state index contributed by atoms with van der Waals surface area (Å²) in [5.74, 6) is -1.42. The van der Waals surface area contributed by atoms with Crippen LogP contribution in [0.4, 0.5) is 0 Å². The van der Waals surface area contributed by atoms with Gasteiger partial charge in [-0.2, -0.15) is 0 Å². The van der Waals surface area contributed by atoms with Gasteiger partial charge in [-0.3, -0.25) is 9.59 Å². The van der Waals surface area contributed by atoms with Crippen LogP contribution in [0.25, 0.3) is 0 Å². The molecule has 4 unspecified atom stereocenters. The maximum Gasteiger partial charge on any atom is 0.320 e. The lowest BCUT2D eigenvalue weighted by molar-refractivity contribution is -0.162. The summed E-state index contributed by atoms with van der Waals surface area (Å²) in [5, 5.41) is 0. The van der Waals surface area contributed by atoms with Gasteiger partial charge in [0.15, 0.2) is 0 Å². The summed E-state index contributed by atoms with van der Waals surface area (Å²) in [6, 6.07) is 0. The van der Waals surface area contributed by atoms with Gasteiger partial charge in [0.1, 0.15) is 11.8 Å². The average molecular weight is 308 g/mol. The number of hydrogen-bond acceptors (Lipinski definition) is 4. The first-order valence-electron chi connectivity index (χ1n) is 8.98. The SMILES string of the molecule is CCCCCCCCCC12CCC(C)(O1)C1C(=O)OC(=O)C12. The highest BCUT2D eigenvalue weighted by Crippen LogP contribution is 2.61. The summed E-state index contributed by atoms with van der Waals surface area (Å²) < 4.78 is 11.2. The summed E-state index contributed by atoms with van der Waals surface area (Å²) in [6.45, 7) is 4.20. The van der Waals surface area contributed by atoms with E-state index in [9.17, 15) is 9.59 Å². The first-order valence-corrected chi connectivity index (χ1v) is 8.98. The number of carbonyl (C=O) groups excluding carboxylic acids is 2. The Balaban J connectivity index is 1.55. The summed E-state index contributed by atoms with van der Waals surface area (Å²) in [4.78, 5) is 24.0. The van der Waals surface area contributed by atoms with E-state index in [2.05, 4.69) is 6.92 Å². The molecule has 4 nitrogen and oxygen atoms in total. The molecule has 124 valence electrons. The monoisotopic (exact) mass is 308 g/mol. The summed E-state index contributed by atoms with van der Waals surface area (Å²) in [7, 11) is 0. The molecule has 3 aliphatic heterocycles. The smallest absolute Gasteiger partial charge is 0.320 e. The van der Waals surface area contributed by atoms with E-state index in [0.717, 1.165) is 25.7 Å². The Morgan fingerprint density at radius 2 is 1.59 bits per heavy atom. The van der Waals surface area contributed by atoms with E-state index in [1.807, 2.05) is 6.92 Å². The number of esters is 2. The van der Waals surface area contributed by atoms with E-state index >= 15 is 0 Å². The molecule has 0 N–H and O–H groups in total. The fourth-order valence-electron chi connectivity index (χ4n) is 4.80.